The highest BCUT2D eigenvalue weighted by molar-refractivity contribution is 6.62. The molecule has 0 heterocycles. The van der Waals surface area contributed by atoms with Crippen molar-refractivity contribution in [3.8, 4) is 0 Å². The van der Waals surface area contributed by atoms with Gasteiger partial charge < -0.3 is 13.3 Å². The van der Waals surface area contributed by atoms with Crippen LogP contribution in [-0.2, 0) is 13.3 Å². The molecule has 0 aliphatic heterocycles. The van der Waals surface area contributed by atoms with Gasteiger partial charge in [-0.05, 0) is 46.8 Å². The van der Waals surface area contributed by atoms with Gasteiger partial charge in [0.05, 0.1) is 0 Å². The van der Waals surface area contributed by atoms with E-state index in [0.717, 1.165) is 25.8 Å². The Bertz CT molecular complexity index is 220. The molecule has 0 rings (SSSR count). The molecule has 0 N–H and O–H groups in total. The smallest absolute Gasteiger partial charge is 0.374 e. The monoisotopic (exact) mass is 289 g/mol. The molecule has 1 unspecified atom stereocenters. The van der Waals surface area contributed by atoms with Crippen LogP contribution in [0.5, 0.6) is 0 Å². The van der Waals surface area contributed by atoms with E-state index in [1.54, 1.807) is 0 Å². The number of nitrogens with zero attached hydrogens (tertiary/aromatic N) is 1. The molecule has 0 aromatic heterocycles. The van der Waals surface area contributed by atoms with Crippen LogP contribution >= 0.6 is 0 Å². The summed E-state index contributed by atoms with van der Waals surface area (Å²) in [4.78, 5) is 4.32. The summed E-state index contributed by atoms with van der Waals surface area (Å²) in [6.07, 6.45) is 5.02. The van der Waals surface area contributed by atoms with Gasteiger partial charge >= 0.3 is 8.80 Å². The van der Waals surface area contributed by atoms with E-state index in [2.05, 4.69) is 11.9 Å². The molecule has 0 saturated heterocycles. The maximum Gasteiger partial charge on any atom is 0.504 e. The standard InChI is InChI=1S/C14H31NO3Si/c1-6-11-14(12-13-15-7-2)19(16-8-3,17-9-4)18-10-5/h7,14H,6,8-13H2,1-5H3. The quantitative estimate of drug-likeness (QED) is 0.406. The molecule has 0 amide bonds. The van der Waals surface area contributed by atoms with Crippen LogP contribution in [0.3, 0.4) is 0 Å². The van der Waals surface area contributed by atoms with Gasteiger partial charge in [0.25, 0.3) is 0 Å². The van der Waals surface area contributed by atoms with Crippen molar-refractivity contribution in [2.24, 2.45) is 4.99 Å². The summed E-state index contributed by atoms with van der Waals surface area (Å²) in [5.74, 6) is 0. The maximum absolute atomic E-state index is 6.00. The summed E-state index contributed by atoms with van der Waals surface area (Å²) in [5.41, 5.74) is 0.348. The number of aliphatic imine (C=N–C) groups is 1. The number of hydrogen-bond acceptors (Lipinski definition) is 4. The Morgan fingerprint density at radius 2 is 1.47 bits per heavy atom. The van der Waals surface area contributed by atoms with Crippen molar-refractivity contribution < 1.29 is 13.3 Å². The van der Waals surface area contributed by atoms with Gasteiger partial charge in [-0.1, -0.05) is 13.3 Å². The Morgan fingerprint density at radius 3 is 1.84 bits per heavy atom. The molecule has 0 aromatic rings. The third-order valence-corrected chi connectivity index (χ3v) is 6.61. The van der Waals surface area contributed by atoms with Crippen molar-refractivity contribution in [2.45, 2.75) is 59.4 Å². The van der Waals surface area contributed by atoms with Crippen molar-refractivity contribution >= 4 is 15.0 Å². The average molecular weight is 289 g/mol. The first-order valence-corrected chi connectivity index (χ1v) is 9.37. The fourth-order valence-electron chi connectivity index (χ4n) is 2.29. The summed E-state index contributed by atoms with van der Waals surface area (Å²) < 4.78 is 18.0. The molecular weight excluding hydrogens is 258 g/mol. The third-order valence-electron chi connectivity index (χ3n) is 2.96. The van der Waals surface area contributed by atoms with Crippen LogP contribution in [0.4, 0.5) is 0 Å². The van der Waals surface area contributed by atoms with Crippen molar-refractivity contribution in [3.05, 3.63) is 0 Å². The zero-order chi connectivity index (χ0) is 14.6. The van der Waals surface area contributed by atoms with Gasteiger partial charge in [-0.2, -0.15) is 0 Å². The summed E-state index contributed by atoms with van der Waals surface area (Å²) in [6, 6.07) is 0. The predicted molar refractivity (Wildman–Crippen MR) is 82.9 cm³/mol. The number of hydrogen-bond donors (Lipinski definition) is 0. The molecule has 0 spiro atoms. The largest absolute Gasteiger partial charge is 0.504 e. The van der Waals surface area contributed by atoms with Crippen LogP contribution in [0.2, 0.25) is 5.54 Å². The van der Waals surface area contributed by atoms with Gasteiger partial charge in [-0.25, -0.2) is 0 Å². The van der Waals surface area contributed by atoms with Crippen LogP contribution in [0.25, 0.3) is 0 Å². The van der Waals surface area contributed by atoms with Gasteiger partial charge in [0.1, 0.15) is 0 Å². The maximum atomic E-state index is 6.00. The van der Waals surface area contributed by atoms with Gasteiger partial charge in [0.2, 0.25) is 0 Å². The van der Waals surface area contributed by atoms with Crippen molar-refractivity contribution in [1.29, 1.82) is 0 Å². The second kappa shape index (κ2) is 11.6. The molecule has 0 bridgehead atoms. The first-order chi connectivity index (χ1) is 9.20. The summed E-state index contributed by atoms with van der Waals surface area (Å²) in [7, 11) is -2.57. The first kappa shape index (κ1) is 18.8. The van der Waals surface area contributed by atoms with Crippen molar-refractivity contribution in [2.75, 3.05) is 26.4 Å². The topological polar surface area (TPSA) is 40.0 Å². The fraction of sp³-hybridized carbons (Fsp3) is 0.929. The number of rotatable bonds is 12. The van der Waals surface area contributed by atoms with Gasteiger partial charge in [0, 0.05) is 31.9 Å². The van der Waals surface area contributed by atoms with Gasteiger partial charge in [0.15, 0.2) is 0 Å². The fourth-order valence-corrected chi connectivity index (χ4v) is 5.58. The molecule has 0 fully saturated rings. The van der Waals surface area contributed by atoms with Gasteiger partial charge in [-0.15, -0.1) is 0 Å². The Hall–Kier alpha value is -0.233. The molecular formula is C14H31NO3Si. The minimum absolute atomic E-state index is 0.348. The lowest BCUT2D eigenvalue weighted by atomic mass is 10.2. The lowest BCUT2D eigenvalue weighted by molar-refractivity contribution is 0.0588. The second-order valence-corrected chi connectivity index (χ2v) is 7.23. The van der Waals surface area contributed by atoms with Crippen LogP contribution < -0.4 is 0 Å². The van der Waals surface area contributed by atoms with Crippen LogP contribution in [-0.4, -0.2) is 41.4 Å². The van der Waals surface area contributed by atoms with Crippen LogP contribution in [0.15, 0.2) is 4.99 Å². The molecule has 0 aliphatic carbocycles. The summed E-state index contributed by atoms with van der Waals surface area (Å²) >= 11 is 0. The molecule has 0 aliphatic rings. The average Bonchev–Trinajstić information content (AvgIpc) is 2.39. The van der Waals surface area contributed by atoms with Crippen molar-refractivity contribution in [1.82, 2.24) is 0 Å². The normalized spacial score (nSPS) is 14.2. The summed E-state index contributed by atoms with van der Waals surface area (Å²) in [5, 5.41) is 0. The highest BCUT2D eigenvalue weighted by Crippen LogP contribution is 2.33. The highest BCUT2D eigenvalue weighted by Gasteiger charge is 2.48. The highest BCUT2D eigenvalue weighted by atomic mass is 28.4. The summed E-state index contributed by atoms with van der Waals surface area (Å²) in [6.45, 7) is 12.9. The SMILES string of the molecule is CC=NCCC(CCC)[Si](OCC)(OCC)OCC. The lowest BCUT2D eigenvalue weighted by Crippen LogP contribution is -2.50. The minimum Gasteiger partial charge on any atom is -0.374 e. The van der Waals surface area contributed by atoms with Crippen molar-refractivity contribution in [3.63, 3.8) is 0 Å². The molecule has 114 valence electrons. The molecule has 0 radical (unpaired) electrons. The van der Waals surface area contributed by atoms with E-state index in [9.17, 15) is 0 Å². The predicted octanol–water partition coefficient (Wildman–Crippen LogP) is 3.69. The van der Waals surface area contributed by atoms with E-state index in [0.29, 0.717) is 25.4 Å². The molecule has 0 saturated carbocycles. The minimum atomic E-state index is -2.57. The zero-order valence-corrected chi connectivity index (χ0v) is 14.3. The Morgan fingerprint density at radius 1 is 0.947 bits per heavy atom. The van der Waals surface area contributed by atoms with Gasteiger partial charge in [-0.3, -0.25) is 4.99 Å². The second-order valence-electron chi connectivity index (χ2n) is 4.34. The molecule has 0 aromatic carbocycles. The third kappa shape index (κ3) is 6.65. The van der Waals surface area contributed by atoms with Crippen LogP contribution in [0.1, 0.15) is 53.9 Å². The Kier molecular flexibility index (Phi) is 11.4. The van der Waals surface area contributed by atoms with E-state index in [-0.39, 0.29) is 0 Å². The first-order valence-electron chi connectivity index (χ1n) is 7.56. The van der Waals surface area contributed by atoms with E-state index in [1.807, 2.05) is 33.9 Å². The molecule has 5 heteroatoms. The molecule has 4 nitrogen and oxygen atoms in total. The van der Waals surface area contributed by atoms with E-state index in [4.69, 9.17) is 13.3 Å². The lowest BCUT2D eigenvalue weighted by Gasteiger charge is -2.35. The Balaban J connectivity index is 4.94. The Labute approximate surface area is 119 Å². The van der Waals surface area contributed by atoms with E-state index >= 15 is 0 Å². The van der Waals surface area contributed by atoms with Crippen LogP contribution in [0, 0.1) is 0 Å². The van der Waals surface area contributed by atoms with E-state index < -0.39 is 8.80 Å². The molecule has 1 atom stereocenters. The molecule has 19 heavy (non-hydrogen) atoms. The van der Waals surface area contributed by atoms with E-state index in [1.165, 1.54) is 0 Å². The zero-order valence-electron chi connectivity index (χ0n) is 13.3.